The van der Waals surface area contributed by atoms with E-state index in [-0.39, 0.29) is 21.4 Å². The van der Waals surface area contributed by atoms with Gasteiger partial charge in [0.05, 0.1) is 4.90 Å². The molecule has 0 aliphatic carbocycles. The molecule has 0 atom stereocenters. The summed E-state index contributed by atoms with van der Waals surface area (Å²) >= 11 is 5.84. The van der Waals surface area contributed by atoms with E-state index in [0.717, 1.165) is 19.3 Å². The van der Waals surface area contributed by atoms with E-state index in [1.807, 2.05) is 0 Å². The highest BCUT2D eigenvalue weighted by Gasteiger charge is 2.16. The zero-order valence-corrected chi connectivity index (χ0v) is 13.2. The molecule has 0 fully saturated rings. The van der Waals surface area contributed by atoms with E-state index >= 15 is 0 Å². The molecule has 112 valence electrons. The van der Waals surface area contributed by atoms with Crippen molar-refractivity contribution in [3.63, 3.8) is 0 Å². The molecule has 0 spiro atoms. The zero-order valence-electron chi connectivity index (χ0n) is 11.6. The van der Waals surface area contributed by atoms with Gasteiger partial charge in [0.2, 0.25) is 10.0 Å². The van der Waals surface area contributed by atoms with Gasteiger partial charge in [-0.3, -0.25) is 4.79 Å². The molecule has 0 unspecified atom stereocenters. The number of halogens is 1. The van der Waals surface area contributed by atoms with Crippen molar-refractivity contribution in [2.45, 2.75) is 31.1 Å². The summed E-state index contributed by atoms with van der Waals surface area (Å²) in [5.41, 5.74) is 0.223. The van der Waals surface area contributed by atoms with Crippen molar-refractivity contribution in [3.05, 3.63) is 28.8 Å². The minimum atomic E-state index is -3.88. The Hall–Kier alpha value is -1.11. The lowest BCUT2D eigenvalue weighted by Gasteiger charge is -2.17. The number of benzene rings is 1. The van der Waals surface area contributed by atoms with Crippen LogP contribution in [0.2, 0.25) is 5.02 Å². The molecule has 7 heteroatoms. The molecule has 1 rings (SSSR count). The molecule has 1 aromatic carbocycles. The van der Waals surface area contributed by atoms with Gasteiger partial charge < -0.3 is 4.90 Å². The predicted molar refractivity (Wildman–Crippen MR) is 79.3 cm³/mol. The number of carbonyl (C=O) groups is 1. The summed E-state index contributed by atoms with van der Waals surface area (Å²) in [7, 11) is -2.21. The van der Waals surface area contributed by atoms with Crippen LogP contribution >= 0.6 is 11.6 Å². The average molecular weight is 319 g/mol. The lowest BCUT2D eigenvalue weighted by Crippen LogP contribution is -2.28. The Balaban J connectivity index is 2.96. The first kappa shape index (κ1) is 16.9. The number of unbranched alkanes of at least 4 members (excludes halogenated alkanes) is 2. The van der Waals surface area contributed by atoms with Gasteiger partial charge in [-0.05, 0) is 24.6 Å². The maximum atomic E-state index is 12.2. The van der Waals surface area contributed by atoms with Gasteiger partial charge >= 0.3 is 0 Å². The fraction of sp³-hybridized carbons (Fsp3) is 0.462. The molecule has 0 radical (unpaired) electrons. The second-order valence-electron chi connectivity index (χ2n) is 4.65. The highest BCUT2D eigenvalue weighted by molar-refractivity contribution is 7.89. The molecule has 0 aliphatic heterocycles. The van der Waals surface area contributed by atoms with Crippen molar-refractivity contribution < 1.29 is 13.2 Å². The van der Waals surface area contributed by atoms with Gasteiger partial charge in [0.1, 0.15) is 0 Å². The van der Waals surface area contributed by atoms with Gasteiger partial charge in [-0.25, -0.2) is 13.6 Å². The minimum Gasteiger partial charge on any atom is -0.342 e. The number of rotatable bonds is 6. The lowest BCUT2D eigenvalue weighted by atomic mass is 10.2. The van der Waals surface area contributed by atoms with E-state index < -0.39 is 10.0 Å². The highest BCUT2D eigenvalue weighted by atomic mass is 35.5. The Labute approximate surface area is 124 Å². The highest BCUT2D eigenvalue weighted by Crippen LogP contribution is 2.19. The fourth-order valence-electron chi connectivity index (χ4n) is 1.77. The van der Waals surface area contributed by atoms with E-state index in [9.17, 15) is 13.2 Å². The standard InChI is InChI=1S/C13H19ClN2O3S/c1-3-4-5-6-16(2)13(17)10-7-11(14)9-12(8-10)20(15,18)19/h7-9H,3-6H2,1-2H3,(H2,15,18,19). The van der Waals surface area contributed by atoms with Crippen LogP contribution in [0.5, 0.6) is 0 Å². The van der Waals surface area contributed by atoms with Crippen molar-refractivity contribution in [1.82, 2.24) is 4.90 Å². The van der Waals surface area contributed by atoms with Crippen LogP contribution in [-0.2, 0) is 10.0 Å². The van der Waals surface area contributed by atoms with Crippen molar-refractivity contribution >= 4 is 27.5 Å². The normalized spacial score (nSPS) is 11.4. The molecule has 0 aromatic heterocycles. The third-order valence-corrected chi connectivity index (χ3v) is 4.00. The molecular formula is C13H19ClN2O3S. The number of primary sulfonamides is 1. The Kier molecular flexibility index (Phi) is 5.98. The monoisotopic (exact) mass is 318 g/mol. The molecule has 0 aliphatic rings. The van der Waals surface area contributed by atoms with Crippen LogP contribution in [-0.4, -0.2) is 32.8 Å². The molecule has 0 saturated carbocycles. The summed E-state index contributed by atoms with van der Waals surface area (Å²) in [5, 5.41) is 5.23. The molecule has 2 N–H and O–H groups in total. The van der Waals surface area contributed by atoms with Crippen molar-refractivity contribution in [3.8, 4) is 0 Å². The third-order valence-electron chi connectivity index (χ3n) is 2.89. The van der Waals surface area contributed by atoms with Gasteiger partial charge in [-0.1, -0.05) is 31.4 Å². The quantitative estimate of drug-likeness (QED) is 0.817. The Morgan fingerprint density at radius 2 is 1.95 bits per heavy atom. The second-order valence-corrected chi connectivity index (χ2v) is 6.65. The van der Waals surface area contributed by atoms with Crippen molar-refractivity contribution in [2.75, 3.05) is 13.6 Å². The number of hydrogen-bond acceptors (Lipinski definition) is 3. The first-order valence-corrected chi connectivity index (χ1v) is 8.27. The first-order valence-electron chi connectivity index (χ1n) is 6.34. The molecule has 0 saturated heterocycles. The van der Waals surface area contributed by atoms with E-state index in [0.29, 0.717) is 6.54 Å². The maximum absolute atomic E-state index is 12.2. The van der Waals surface area contributed by atoms with Crippen LogP contribution in [0.1, 0.15) is 36.5 Å². The molecule has 1 aromatic rings. The molecule has 5 nitrogen and oxygen atoms in total. The summed E-state index contributed by atoms with van der Waals surface area (Å²) < 4.78 is 22.7. The minimum absolute atomic E-state index is 0.157. The Morgan fingerprint density at radius 3 is 2.50 bits per heavy atom. The van der Waals surface area contributed by atoms with Crippen LogP contribution in [0.15, 0.2) is 23.1 Å². The largest absolute Gasteiger partial charge is 0.342 e. The molecule has 0 heterocycles. The topological polar surface area (TPSA) is 80.5 Å². The smallest absolute Gasteiger partial charge is 0.253 e. The van der Waals surface area contributed by atoms with Gasteiger partial charge in [-0.15, -0.1) is 0 Å². The van der Waals surface area contributed by atoms with Gasteiger partial charge in [-0.2, -0.15) is 0 Å². The van der Waals surface area contributed by atoms with Crippen LogP contribution < -0.4 is 5.14 Å². The van der Waals surface area contributed by atoms with Gasteiger partial charge in [0.15, 0.2) is 0 Å². The summed E-state index contributed by atoms with van der Waals surface area (Å²) in [5.74, 6) is -0.270. The molecule has 1 amide bonds. The SMILES string of the molecule is CCCCCN(C)C(=O)c1cc(Cl)cc(S(N)(=O)=O)c1. The first-order chi connectivity index (χ1) is 9.25. The summed E-state index contributed by atoms with van der Waals surface area (Å²) in [4.78, 5) is 13.6. The van der Waals surface area contributed by atoms with Crippen LogP contribution in [0.3, 0.4) is 0 Å². The number of amides is 1. The van der Waals surface area contributed by atoms with Crippen LogP contribution in [0.25, 0.3) is 0 Å². The van der Waals surface area contributed by atoms with Crippen molar-refractivity contribution in [1.29, 1.82) is 0 Å². The number of hydrogen-bond donors (Lipinski definition) is 1. The summed E-state index contributed by atoms with van der Waals surface area (Å²) in [6, 6.07) is 3.92. The van der Waals surface area contributed by atoms with E-state index in [2.05, 4.69) is 6.92 Å². The fourth-order valence-corrected chi connectivity index (χ4v) is 2.65. The van der Waals surface area contributed by atoms with Crippen molar-refractivity contribution in [2.24, 2.45) is 5.14 Å². The molecular weight excluding hydrogens is 300 g/mol. The van der Waals surface area contributed by atoms with E-state index in [1.54, 1.807) is 11.9 Å². The Morgan fingerprint density at radius 1 is 1.30 bits per heavy atom. The summed E-state index contributed by atoms with van der Waals surface area (Å²) in [6.07, 6.45) is 3.01. The van der Waals surface area contributed by atoms with Crippen LogP contribution in [0.4, 0.5) is 0 Å². The molecule has 20 heavy (non-hydrogen) atoms. The van der Waals surface area contributed by atoms with E-state index in [1.165, 1.54) is 18.2 Å². The average Bonchev–Trinajstić information content (AvgIpc) is 2.36. The summed E-state index contributed by atoms with van der Waals surface area (Å²) in [6.45, 7) is 2.70. The second kappa shape index (κ2) is 7.06. The van der Waals surface area contributed by atoms with Gasteiger partial charge in [0, 0.05) is 24.2 Å². The number of nitrogens with two attached hydrogens (primary N) is 1. The van der Waals surface area contributed by atoms with Gasteiger partial charge in [0.25, 0.3) is 5.91 Å². The zero-order chi connectivity index (χ0) is 15.3. The number of nitrogens with zero attached hydrogens (tertiary/aromatic N) is 1. The predicted octanol–water partition coefficient (Wildman–Crippen LogP) is 2.25. The number of sulfonamides is 1. The lowest BCUT2D eigenvalue weighted by molar-refractivity contribution is 0.0792. The number of carbonyl (C=O) groups excluding carboxylic acids is 1. The van der Waals surface area contributed by atoms with E-state index in [4.69, 9.17) is 16.7 Å². The third kappa shape index (κ3) is 4.77. The molecule has 0 bridgehead atoms. The Bertz CT molecular complexity index is 587. The maximum Gasteiger partial charge on any atom is 0.253 e. The van der Waals surface area contributed by atoms with Crippen LogP contribution in [0, 0.1) is 0 Å².